The summed E-state index contributed by atoms with van der Waals surface area (Å²) in [5.41, 5.74) is -0.0277. The molecule has 7 nitrogen and oxygen atoms in total. The Hall–Kier alpha value is -1.70. The zero-order valence-corrected chi connectivity index (χ0v) is 13.9. The lowest BCUT2D eigenvalue weighted by Crippen LogP contribution is -2.50. The summed E-state index contributed by atoms with van der Waals surface area (Å²) in [5, 5.41) is 17.1. The van der Waals surface area contributed by atoms with Crippen LogP contribution in [0.15, 0.2) is 24.3 Å². The summed E-state index contributed by atoms with van der Waals surface area (Å²) in [6.45, 7) is 2.04. The number of nitrogens with one attached hydrogen (secondary N) is 2. The SMILES string of the molecule is COCC1(C(=O)NCc2ccccc2[N+](=O)[O-])CCNCC1.Cl. The molecule has 0 spiro atoms. The normalized spacial score (nSPS) is 16.2. The molecule has 2 rings (SSSR count). The fourth-order valence-corrected chi connectivity index (χ4v) is 2.82. The van der Waals surface area contributed by atoms with Crippen molar-refractivity contribution in [2.45, 2.75) is 19.4 Å². The summed E-state index contributed by atoms with van der Waals surface area (Å²) in [6.07, 6.45) is 1.40. The molecule has 1 fully saturated rings. The summed E-state index contributed by atoms with van der Waals surface area (Å²) in [7, 11) is 1.58. The minimum atomic E-state index is -0.552. The molecule has 0 unspecified atom stereocenters. The molecule has 1 aromatic carbocycles. The second-order valence-electron chi connectivity index (χ2n) is 5.53. The molecule has 128 valence electrons. The number of piperidine rings is 1. The Morgan fingerprint density at radius 3 is 2.65 bits per heavy atom. The number of rotatable bonds is 6. The maximum atomic E-state index is 12.6. The van der Waals surface area contributed by atoms with Gasteiger partial charge in [0.25, 0.3) is 5.69 Å². The number of methoxy groups -OCH3 is 1. The fraction of sp³-hybridized carbons (Fsp3) is 0.533. The average Bonchev–Trinajstić information content (AvgIpc) is 2.54. The number of nitrogens with zero attached hydrogens (tertiary/aromatic N) is 1. The monoisotopic (exact) mass is 343 g/mol. The van der Waals surface area contributed by atoms with Gasteiger partial charge in [-0.2, -0.15) is 0 Å². The van der Waals surface area contributed by atoms with Gasteiger partial charge in [-0.3, -0.25) is 14.9 Å². The van der Waals surface area contributed by atoms with Crippen LogP contribution in [0, 0.1) is 15.5 Å². The number of hydrogen-bond acceptors (Lipinski definition) is 5. The molecule has 2 N–H and O–H groups in total. The van der Waals surface area contributed by atoms with Crippen LogP contribution in [-0.2, 0) is 16.1 Å². The number of para-hydroxylation sites is 1. The van der Waals surface area contributed by atoms with Crippen molar-refractivity contribution in [3.05, 3.63) is 39.9 Å². The van der Waals surface area contributed by atoms with Crippen molar-refractivity contribution < 1.29 is 14.5 Å². The Labute approximate surface area is 141 Å². The Kier molecular flexibility index (Phi) is 7.41. The maximum Gasteiger partial charge on any atom is 0.274 e. The first-order valence-electron chi connectivity index (χ1n) is 7.29. The van der Waals surface area contributed by atoms with Gasteiger partial charge in [0.05, 0.1) is 16.9 Å². The third-order valence-corrected chi connectivity index (χ3v) is 4.09. The van der Waals surface area contributed by atoms with Crippen LogP contribution in [0.4, 0.5) is 5.69 Å². The molecular formula is C15H22ClN3O4. The van der Waals surface area contributed by atoms with Crippen LogP contribution in [0.5, 0.6) is 0 Å². The quantitative estimate of drug-likeness (QED) is 0.605. The van der Waals surface area contributed by atoms with Gasteiger partial charge in [-0.05, 0) is 25.9 Å². The van der Waals surface area contributed by atoms with Gasteiger partial charge in [0.2, 0.25) is 5.91 Å². The number of carbonyl (C=O) groups excluding carboxylic acids is 1. The molecule has 1 aromatic rings. The summed E-state index contributed by atoms with van der Waals surface area (Å²) >= 11 is 0. The number of carbonyl (C=O) groups is 1. The Balaban J connectivity index is 0.00000264. The van der Waals surface area contributed by atoms with Crippen molar-refractivity contribution in [2.75, 3.05) is 26.8 Å². The van der Waals surface area contributed by atoms with Gasteiger partial charge in [0.15, 0.2) is 0 Å². The van der Waals surface area contributed by atoms with Crippen LogP contribution in [0.25, 0.3) is 0 Å². The molecule has 0 aliphatic carbocycles. The first kappa shape index (κ1) is 19.3. The van der Waals surface area contributed by atoms with E-state index in [1.54, 1.807) is 25.3 Å². The molecule has 1 aliphatic rings. The molecule has 8 heteroatoms. The minimum absolute atomic E-state index is 0. The highest BCUT2D eigenvalue weighted by Gasteiger charge is 2.39. The molecule has 1 heterocycles. The Bertz CT molecular complexity index is 542. The van der Waals surface area contributed by atoms with Crippen molar-refractivity contribution >= 4 is 24.0 Å². The highest BCUT2D eigenvalue weighted by atomic mass is 35.5. The number of nitro benzene ring substituents is 1. The molecule has 1 amide bonds. The summed E-state index contributed by atoms with van der Waals surface area (Å²) in [4.78, 5) is 23.1. The van der Waals surface area contributed by atoms with Crippen molar-refractivity contribution in [2.24, 2.45) is 5.41 Å². The van der Waals surface area contributed by atoms with Gasteiger partial charge in [-0.1, -0.05) is 18.2 Å². The highest BCUT2D eigenvalue weighted by Crippen LogP contribution is 2.29. The van der Waals surface area contributed by atoms with E-state index in [1.807, 2.05) is 0 Å². The maximum absolute atomic E-state index is 12.6. The van der Waals surface area contributed by atoms with Crippen molar-refractivity contribution in [1.82, 2.24) is 10.6 Å². The predicted molar refractivity (Wildman–Crippen MR) is 88.6 cm³/mol. The number of nitro groups is 1. The van der Waals surface area contributed by atoms with Gasteiger partial charge < -0.3 is 15.4 Å². The number of hydrogen-bond donors (Lipinski definition) is 2. The van der Waals surface area contributed by atoms with E-state index in [2.05, 4.69) is 10.6 Å². The van der Waals surface area contributed by atoms with E-state index >= 15 is 0 Å². The summed E-state index contributed by atoms with van der Waals surface area (Å²) in [5.74, 6) is -0.103. The molecule has 0 aromatic heterocycles. The number of benzene rings is 1. The van der Waals surface area contributed by atoms with Crippen LogP contribution >= 0.6 is 12.4 Å². The predicted octanol–water partition coefficient (Wildman–Crippen LogP) is 1.65. The second-order valence-corrected chi connectivity index (χ2v) is 5.53. The summed E-state index contributed by atoms with van der Waals surface area (Å²) < 4.78 is 5.22. The number of amides is 1. The minimum Gasteiger partial charge on any atom is -0.384 e. The van der Waals surface area contributed by atoms with Crippen LogP contribution < -0.4 is 10.6 Å². The van der Waals surface area contributed by atoms with Gasteiger partial charge >= 0.3 is 0 Å². The first-order valence-corrected chi connectivity index (χ1v) is 7.29. The lowest BCUT2D eigenvalue weighted by molar-refractivity contribution is -0.385. The standard InChI is InChI=1S/C15H21N3O4.ClH/c1-22-11-15(6-8-16-9-7-15)14(19)17-10-12-4-2-3-5-13(12)18(20)21;/h2-5,16H,6-11H2,1H3,(H,17,19);1H. The highest BCUT2D eigenvalue weighted by molar-refractivity contribution is 5.85. The second kappa shape index (κ2) is 8.81. The van der Waals surface area contributed by atoms with E-state index in [0.29, 0.717) is 25.0 Å². The molecule has 0 bridgehead atoms. The third kappa shape index (κ3) is 4.63. The van der Waals surface area contributed by atoms with E-state index < -0.39 is 10.3 Å². The van der Waals surface area contributed by atoms with Crippen LogP contribution in [-0.4, -0.2) is 37.6 Å². The zero-order valence-electron chi connectivity index (χ0n) is 13.0. The van der Waals surface area contributed by atoms with E-state index in [0.717, 1.165) is 13.1 Å². The first-order chi connectivity index (χ1) is 10.6. The average molecular weight is 344 g/mol. The van der Waals surface area contributed by atoms with Gasteiger partial charge in [0.1, 0.15) is 0 Å². The van der Waals surface area contributed by atoms with Crippen LogP contribution in [0.2, 0.25) is 0 Å². The summed E-state index contributed by atoms with van der Waals surface area (Å²) in [6, 6.07) is 6.44. The molecular weight excluding hydrogens is 322 g/mol. The van der Waals surface area contributed by atoms with Crippen LogP contribution in [0.3, 0.4) is 0 Å². The van der Waals surface area contributed by atoms with Crippen molar-refractivity contribution in [1.29, 1.82) is 0 Å². The lowest BCUT2D eigenvalue weighted by atomic mass is 9.78. The van der Waals surface area contributed by atoms with Crippen molar-refractivity contribution in [3.8, 4) is 0 Å². The van der Waals surface area contributed by atoms with E-state index in [1.165, 1.54) is 6.07 Å². The van der Waals surface area contributed by atoms with Crippen molar-refractivity contribution in [3.63, 3.8) is 0 Å². The number of halogens is 1. The molecule has 1 saturated heterocycles. The fourth-order valence-electron chi connectivity index (χ4n) is 2.82. The van der Waals surface area contributed by atoms with Gasteiger partial charge in [0, 0.05) is 25.3 Å². The molecule has 23 heavy (non-hydrogen) atoms. The molecule has 0 atom stereocenters. The Morgan fingerprint density at radius 2 is 2.04 bits per heavy atom. The topological polar surface area (TPSA) is 93.5 Å². The third-order valence-electron chi connectivity index (χ3n) is 4.09. The molecule has 1 aliphatic heterocycles. The Morgan fingerprint density at radius 1 is 1.39 bits per heavy atom. The van der Waals surface area contributed by atoms with Gasteiger partial charge in [-0.25, -0.2) is 0 Å². The largest absolute Gasteiger partial charge is 0.384 e. The number of ether oxygens (including phenoxy) is 1. The van der Waals surface area contributed by atoms with E-state index in [4.69, 9.17) is 4.74 Å². The molecule has 0 radical (unpaired) electrons. The smallest absolute Gasteiger partial charge is 0.274 e. The van der Waals surface area contributed by atoms with Crippen LogP contribution in [0.1, 0.15) is 18.4 Å². The van der Waals surface area contributed by atoms with E-state index in [-0.39, 0.29) is 30.5 Å². The zero-order chi connectivity index (χ0) is 16.0. The van der Waals surface area contributed by atoms with Gasteiger partial charge in [-0.15, -0.1) is 12.4 Å². The van der Waals surface area contributed by atoms with E-state index in [9.17, 15) is 14.9 Å². The lowest BCUT2D eigenvalue weighted by Gasteiger charge is -2.35. The molecule has 0 saturated carbocycles.